The van der Waals surface area contributed by atoms with Gasteiger partial charge in [-0.3, -0.25) is 0 Å². The SMILES string of the molecule is CCCCC1(CCCC)CS(=O)(=O)c2ccc(N(C)C)cc2[C@@H](c2ccc(OCCCCNCCN)cc2)[C@H]1O. The maximum atomic E-state index is 14.0. The van der Waals surface area contributed by atoms with E-state index in [-0.39, 0.29) is 5.75 Å². The lowest BCUT2D eigenvalue weighted by molar-refractivity contribution is 0.0127. The number of aliphatic hydroxyl groups is 1. The first-order chi connectivity index (χ1) is 19.2. The topological polar surface area (TPSA) is 105 Å². The van der Waals surface area contributed by atoms with Crippen LogP contribution in [0.3, 0.4) is 0 Å². The van der Waals surface area contributed by atoms with Gasteiger partial charge in [-0.1, -0.05) is 51.7 Å². The molecule has 4 N–H and O–H groups in total. The second kappa shape index (κ2) is 15.2. The minimum Gasteiger partial charge on any atom is -0.494 e. The molecule has 7 nitrogen and oxygen atoms in total. The highest BCUT2D eigenvalue weighted by Gasteiger charge is 2.49. The predicted molar refractivity (Wildman–Crippen MR) is 165 cm³/mol. The van der Waals surface area contributed by atoms with Crippen LogP contribution in [0, 0.1) is 5.41 Å². The van der Waals surface area contributed by atoms with Gasteiger partial charge in [-0.25, -0.2) is 8.42 Å². The molecular weight excluding hydrogens is 522 g/mol. The summed E-state index contributed by atoms with van der Waals surface area (Å²) < 4.78 is 33.9. The summed E-state index contributed by atoms with van der Waals surface area (Å²) in [5, 5.41) is 15.6. The number of fused-ring (bicyclic) bond motifs is 1. The fraction of sp³-hybridized carbons (Fsp3) is 0.625. The van der Waals surface area contributed by atoms with Crippen molar-refractivity contribution in [2.24, 2.45) is 11.1 Å². The maximum absolute atomic E-state index is 14.0. The molecule has 1 heterocycles. The van der Waals surface area contributed by atoms with Crippen LogP contribution in [0.25, 0.3) is 0 Å². The number of nitrogens with two attached hydrogens (primary N) is 1. The quantitative estimate of drug-likeness (QED) is 0.240. The van der Waals surface area contributed by atoms with Gasteiger partial charge in [0.05, 0.1) is 23.4 Å². The van der Waals surface area contributed by atoms with Crippen molar-refractivity contribution >= 4 is 15.5 Å². The minimum atomic E-state index is -3.61. The molecule has 0 saturated carbocycles. The summed E-state index contributed by atoms with van der Waals surface area (Å²) in [6.07, 6.45) is 6.20. The van der Waals surface area contributed by atoms with Crippen LogP contribution < -0.4 is 20.7 Å². The van der Waals surface area contributed by atoms with Gasteiger partial charge < -0.3 is 25.8 Å². The number of hydrogen-bond acceptors (Lipinski definition) is 7. The molecule has 0 bridgehead atoms. The molecule has 3 rings (SSSR count). The summed E-state index contributed by atoms with van der Waals surface area (Å²) in [4.78, 5) is 2.33. The molecule has 0 radical (unpaired) electrons. The Morgan fingerprint density at radius 1 is 1.00 bits per heavy atom. The Labute approximate surface area is 242 Å². The molecule has 2 aromatic rings. The summed E-state index contributed by atoms with van der Waals surface area (Å²) in [6, 6.07) is 13.5. The van der Waals surface area contributed by atoms with Crippen molar-refractivity contribution in [3.63, 3.8) is 0 Å². The van der Waals surface area contributed by atoms with Crippen LogP contribution in [-0.2, 0) is 9.84 Å². The number of hydrogen-bond donors (Lipinski definition) is 3. The summed E-state index contributed by atoms with van der Waals surface area (Å²) in [7, 11) is 0.290. The molecule has 0 spiro atoms. The van der Waals surface area contributed by atoms with E-state index in [1.54, 1.807) is 6.07 Å². The molecular formula is C32H51N3O4S. The lowest BCUT2D eigenvalue weighted by atomic mass is 9.68. The second-order valence-electron chi connectivity index (χ2n) is 11.5. The van der Waals surface area contributed by atoms with Crippen LogP contribution >= 0.6 is 0 Å². The highest BCUT2D eigenvalue weighted by molar-refractivity contribution is 7.91. The maximum Gasteiger partial charge on any atom is 0.179 e. The van der Waals surface area contributed by atoms with E-state index in [0.717, 1.165) is 68.6 Å². The number of unbranched alkanes of at least 4 members (excludes halogenated alkanes) is 3. The van der Waals surface area contributed by atoms with Gasteiger partial charge >= 0.3 is 0 Å². The smallest absolute Gasteiger partial charge is 0.179 e. The van der Waals surface area contributed by atoms with Crippen molar-refractivity contribution in [2.75, 3.05) is 51.0 Å². The molecule has 0 aliphatic carbocycles. The van der Waals surface area contributed by atoms with E-state index in [0.29, 0.717) is 36.5 Å². The van der Waals surface area contributed by atoms with Gasteiger partial charge in [0, 0.05) is 44.2 Å². The summed E-state index contributed by atoms with van der Waals surface area (Å²) in [5.41, 5.74) is 7.32. The normalized spacial score (nSPS) is 19.6. The molecule has 2 atom stereocenters. The summed E-state index contributed by atoms with van der Waals surface area (Å²) in [5.74, 6) is 0.302. The van der Waals surface area contributed by atoms with Crippen LogP contribution in [0.1, 0.15) is 82.3 Å². The lowest BCUT2D eigenvalue weighted by Gasteiger charge is -2.40. The van der Waals surface area contributed by atoms with Gasteiger partial charge in [0.1, 0.15) is 5.75 Å². The van der Waals surface area contributed by atoms with Crippen LogP contribution in [0.15, 0.2) is 47.4 Å². The van der Waals surface area contributed by atoms with E-state index in [1.165, 1.54) is 0 Å². The van der Waals surface area contributed by atoms with E-state index in [4.69, 9.17) is 10.5 Å². The van der Waals surface area contributed by atoms with Crippen molar-refractivity contribution in [3.05, 3.63) is 53.6 Å². The molecule has 224 valence electrons. The molecule has 0 fully saturated rings. The number of rotatable bonds is 16. The number of anilines is 1. The fourth-order valence-electron chi connectivity index (χ4n) is 5.93. The Balaban J connectivity index is 1.99. The zero-order valence-corrected chi connectivity index (χ0v) is 25.8. The number of nitrogens with zero attached hydrogens (tertiary/aromatic N) is 1. The van der Waals surface area contributed by atoms with Crippen molar-refractivity contribution in [1.82, 2.24) is 5.32 Å². The first-order valence-corrected chi connectivity index (χ1v) is 16.7. The average molecular weight is 574 g/mol. The van der Waals surface area contributed by atoms with Crippen LogP contribution in [0.2, 0.25) is 0 Å². The molecule has 1 aliphatic heterocycles. The Morgan fingerprint density at radius 3 is 2.27 bits per heavy atom. The second-order valence-corrected chi connectivity index (χ2v) is 13.5. The lowest BCUT2D eigenvalue weighted by Crippen LogP contribution is -2.43. The number of nitrogens with one attached hydrogen (secondary N) is 1. The minimum absolute atomic E-state index is 0.0205. The van der Waals surface area contributed by atoms with Gasteiger partial charge in [0.25, 0.3) is 0 Å². The van der Waals surface area contributed by atoms with Gasteiger partial charge in [-0.15, -0.1) is 0 Å². The van der Waals surface area contributed by atoms with Crippen molar-refractivity contribution in [3.8, 4) is 5.75 Å². The highest BCUT2D eigenvalue weighted by atomic mass is 32.2. The monoisotopic (exact) mass is 573 g/mol. The molecule has 0 amide bonds. The molecule has 8 heteroatoms. The van der Waals surface area contributed by atoms with E-state index >= 15 is 0 Å². The molecule has 2 aromatic carbocycles. The molecule has 0 unspecified atom stereocenters. The number of benzene rings is 2. The Morgan fingerprint density at radius 2 is 1.68 bits per heavy atom. The average Bonchev–Trinajstić information content (AvgIpc) is 3.01. The molecule has 40 heavy (non-hydrogen) atoms. The number of ether oxygens (including phenoxy) is 1. The number of sulfone groups is 1. The zero-order chi connectivity index (χ0) is 29.2. The van der Waals surface area contributed by atoms with Gasteiger partial charge in [-0.2, -0.15) is 0 Å². The van der Waals surface area contributed by atoms with Crippen LogP contribution in [0.5, 0.6) is 5.75 Å². The number of aliphatic hydroxyl groups excluding tert-OH is 1. The Kier molecular flexibility index (Phi) is 12.3. The van der Waals surface area contributed by atoms with E-state index in [9.17, 15) is 13.5 Å². The predicted octanol–water partition coefficient (Wildman–Crippen LogP) is 5.11. The third-order valence-corrected chi connectivity index (χ3v) is 10.2. The molecule has 0 saturated heterocycles. The fourth-order valence-corrected chi connectivity index (χ4v) is 8.12. The van der Waals surface area contributed by atoms with Crippen LogP contribution in [0.4, 0.5) is 5.69 Å². The van der Waals surface area contributed by atoms with Crippen molar-refractivity contribution in [1.29, 1.82) is 0 Å². The first kappa shape index (κ1) is 32.4. The van der Waals surface area contributed by atoms with E-state index < -0.39 is 27.3 Å². The molecule has 1 aliphatic rings. The zero-order valence-electron chi connectivity index (χ0n) is 25.0. The van der Waals surface area contributed by atoms with E-state index in [2.05, 4.69) is 19.2 Å². The van der Waals surface area contributed by atoms with E-state index in [1.807, 2.05) is 55.4 Å². The third kappa shape index (κ3) is 7.99. The Bertz CT molecular complexity index is 1140. The van der Waals surface area contributed by atoms with Gasteiger partial charge in [-0.05, 0) is 73.7 Å². The van der Waals surface area contributed by atoms with Gasteiger partial charge in [0.15, 0.2) is 9.84 Å². The highest BCUT2D eigenvalue weighted by Crippen LogP contribution is 2.50. The Hall–Kier alpha value is -2.13. The first-order valence-electron chi connectivity index (χ1n) is 15.0. The largest absolute Gasteiger partial charge is 0.494 e. The van der Waals surface area contributed by atoms with Gasteiger partial charge in [0.2, 0.25) is 0 Å². The van der Waals surface area contributed by atoms with Crippen molar-refractivity contribution < 1.29 is 18.3 Å². The van der Waals surface area contributed by atoms with Crippen molar-refractivity contribution in [2.45, 2.75) is 82.1 Å². The standard InChI is InChI=1S/C32H51N3O4S/c1-5-7-17-32(18-8-6-2)24-40(37,38)29-16-13-26(35(3)4)23-28(29)30(31(32)36)25-11-14-27(15-12-25)39-22-10-9-20-34-21-19-33/h11-16,23,30-31,34,36H,5-10,17-22,24,33H2,1-4H3/t30-,31-/m1/s1. The van der Waals surface area contributed by atoms with Crippen LogP contribution in [-0.4, -0.2) is 65.7 Å². The summed E-state index contributed by atoms with van der Waals surface area (Å²) in [6.45, 7) is 7.26. The summed E-state index contributed by atoms with van der Waals surface area (Å²) >= 11 is 0. The molecule has 0 aromatic heterocycles. The third-order valence-electron chi connectivity index (χ3n) is 8.23.